The van der Waals surface area contributed by atoms with Crippen LogP contribution in [-0.4, -0.2) is 25.2 Å². The van der Waals surface area contributed by atoms with Crippen molar-refractivity contribution in [3.05, 3.63) is 34.1 Å². The number of ether oxygens (including phenoxy) is 1. The minimum absolute atomic E-state index is 0.0643. The van der Waals surface area contributed by atoms with Gasteiger partial charge in [0, 0.05) is 23.5 Å². The Labute approximate surface area is 120 Å². The molecule has 0 aromatic heterocycles. The summed E-state index contributed by atoms with van der Waals surface area (Å²) in [5.41, 5.74) is 0.0643. The molecule has 19 heavy (non-hydrogen) atoms. The van der Waals surface area contributed by atoms with Gasteiger partial charge in [-0.2, -0.15) is 0 Å². The molecule has 2 unspecified atom stereocenters. The van der Waals surface area contributed by atoms with Crippen LogP contribution >= 0.6 is 15.9 Å². The summed E-state index contributed by atoms with van der Waals surface area (Å²) < 4.78 is 19.7. The Morgan fingerprint density at radius 1 is 1.58 bits per heavy atom. The fourth-order valence-electron chi connectivity index (χ4n) is 2.40. The highest BCUT2D eigenvalue weighted by atomic mass is 79.9. The van der Waals surface area contributed by atoms with E-state index in [2.05, 4.69) is 28.2 Å². The summed E-state index contributed by atoms with van der Waals surface area (Å²) in [5, 5.41) is 2.80. The number of benzene rings is 1. The molecule has 2 atom stereocenters. The van der Waals surface area contributed by atoms with Crippen LogP contribution in [0.4, 0.5) is 4.39 Å². The van der Waals surface area contributed by atoms with Gasteiger partial charge in [0.25, 0.3) is 5.91 Å². The summed E-state index contributed by atoms with van der Waals surface area (Å²) in [4.78, 5) is 12.0. The Bertz CT molecular complexity index is 447. The predicted octanol–water partition coefficient (Wildman–Crippen LogP) is 3.13. The van der Waals surface area contributed by atoms with Gasteiger partial charge in [-0.25, -0.2) is 4.39 Å². The first-order chi connectivity index (χ1) is 9.13. The predicted molar refractivity (Wildman–Crippen MR) is 74.6 cm³/mol. The maximum absolute atomic E-state index is 13.6. The Kier molecular flexibility index (Phi) is 4.93. The Balaban J connectivity index is 1.98. The molecule has 1 heterocycles. The molecule has 0 aliphatic carbocycles. The summed E-state index contributed by atoms with van der Waals surface area (Å²) in [5.74, 6) is -0.576. The molecule has 1 fully saturated rings. The highest BCUT2D eigenvalue weighted by Gasteiger charge is 2.27. The van der Waals surface area contributed by atoms with E-state index >= 15 is 0 Å². The Morgan fingerprint density at radius 2 is 2.37 bits per heavy atom. The van der Waals surface area contributed by atoms with E-state index in [1.54, 1.807) is 12.1 Å². The van der Waals surface area contributed by atoms with E-state index in [-0.39, 0.29) is 17.6 Å². The molecule has 3 nitrogen and oxygen atoms in total. The molecular weight excluding hydrogens is 313 g/mol. The molecule has 0 radical (unpaired) electrons. The average Bonchev–Trinajstić information content (AvgIpc) is 2.83. The second-order valence-corrected chi connectivity index (χ2v) is 5.53. The van der Waals surface area contributed by atoms with Gasteiger partial charge in [0.1, 0.15) is 5.82 Å². The number of hydrogen-bond donors (Lipinski definition) is 1. The maximum Gasteiger partial charge on any atom is 0.255 e. The molecule has 1 N–H and O–H groups in total. The van der Waals surface area contributed by atoms with Gasteiger partial charge in [-0.1, -0.05) is 13.0 Å². The number of nitrogens with one attached hydrogen (secondary N) is 1. The lowest BCUT2D eigenvalue weighted by Crippen LogP contribution is -2.33. The van der Waals surface area contributed by atoms with Crippen molar-refractivity contribution in [3.8, 4) is 0 Å². The topological polar surface area (TPSA) is 38.3 Å². The highest BCUT2D eigenvalue weighted by molar-refractivity contribution is 9.10. The minimum Gasteiger partial charge on any atom is -0.378 e. The van der Waals surface area contributed by atoms with Gasteiger partial charge in [0.05, 0.1) is 11.7 Å². The third kappa shape index (κ3) is 3.34. The number of rotatable bonds is 4. The standard InChI is InChI=1S/C14H17BrFNO2/c1-2-12-9(6-7-19-12)8-17-14(18)13-10(15)4-3-5-11(13)16/h3-5,9,12H,2,6-8H2,1H3,(H,17,18). The Morgan fingerprint density at radius 3 is 3.05 bits per heavy atom. The van der Waals surface area contributed by atoms with E-state index in [1.807, 2.05) is 0 Å². The second-order valence-electron chi connectivity index (χ2n) is 4.67. The number of carbonyl (C=O) groups excluding carboxylic acids is 1. The van der Waals surface area contributed by atoms with Gasteiger partial charge >= 0.3 is 0 Å². The number of amides is 1. The maximum atomic E-state index is 13.6. The first-order valence-electron chi connectivity index (χ1n) is 6.47. The monoisotopic (exact) mass is 329 g/mol. The van der Waals surface area contributed by atoms with Crippen LogP contribution in [0.15, 0.2) is 22.7 Å². The van der Waals surface area contributed by atoms with Gasteiger partial charge in [0.15, 0.2) is 0 Å². The van der Waals surface area contributed by atoms with E-state index in [1.165, 1.54) is 6.07 Å². The van der Waals surface area contributed by atoms with E-state index < -0.39 is 5.82 Å². The normalized spacial score (nSPS) is 22.5. The van der Waals surface area contributed by atoms with Gasteiger partial charge in [-0.3, -0.25) is 4.79 Å². The van der Waals surface area contributed by atoms with Crippen LogP contribution in [0, 0.1) is 11.7 Å². The molecule has 5 heteroatoms. The lowest BCUT2D eigenvalue weighted by atomic mass is 9.99. The molecule has 1 aromatic carbocycles. The number of carbonyl (C=O) groups is 1. The van der Waals surface area contributed by atoms with E-state index in [9.17, 15) is 9.18 Å². The molecule has 104 valence electrons. The van der Waals surface area contributed by atoms with Crippen molar-refractivity contribution in [1.82, 2.24) is 5.32 Å². The van der Waals surface area contributed by atoms with Crippen molar-refractivity contribution < 1.29 is 13.9 Å². The lowest BCUT2D eigenvalue weighted by Gasteiger charge is -2.17. The van der Waals surface area contributed by atoms with Crippen molar-refractivity contribution >= 4 is 21.8 Å². The molecule has 1 aliphatic rings. The van der Waals surface area contributed by atoms with Gasteiger partial charge in [0.2, 0.25) is 0 Å². The largest absolute Gasteiger partial charge is 0.378 e. The van der Waals surface area contributed by atoms with Crippen molar-refractivity contribution in [2.24, 2.45) is 5.92 Å². The third-order valence-electron chi connectivity index (χ3n) is 3.46. The first-order valence-corrected chi connectivity index (χ1v) is 7.26. The zero-order chi connectivity index (χ0) is 13.8. The zero-order valence-corrected chi connectivity index (χ0v) is 12.4. The number of halogens is 2. The zero-order valence-electron chi connectivity index (χ0n) is 10.8. The summed E-state index contributed by atoms with van der Waals surface area (Å²) in [6.45, 7) is 3.33. The van der Waals surface area contributed by atoms with Crippen molar-refractivity contribution in [3.63, 3.8) is 0 Å². The van der Waals surface area contributed by atoms with Gasteiger partial charge in [-0.15, -0.1) is 0 Å². The summed E-state index contributed by atoms with van der Waals surface area (Å²) >= 11 is 3.20. The minimum atomic E-state index is -0.512. The molecule has 0 bridgehead atoms. The van der Waals surface area contributed by atoms with Gasteiger partial charge < -0.3 is 10.1 Å². The molecule has 1 amide bonds. The fraction of sp³-hybridized carbons (Fsp3) is 0.500. The first kappa shape index (κ1) is 14.5. The van der Waals surface area contributed by atoms with Crippen LogP contribution in [-0.2, 0) is 4.74 Å². The van der Waals surface area contributed by atoms with Crippen LogP contribution in [0.1, 0.15) is 30.1 Å². The summed E-state index contributed by atoms with van der Waals surface area (Å²) in [6, 6.07) is 4.51. The summed E-state index contributed by atoms with van der Waals surface area (Å²) in [7, 11) is 0. The molecule has 0 spiro atoms. The van der Waals surface area contributed by atoms with E-state index in [0.717, 1.165) is 19.4 Å². The van der Waals surface area contributed by atoms with Crippen LogP contribution in [0.25, 0.3) is 0 Å². The van der Waals surface area contributed by atoms with E-state index in [0.29, 0.717) is 16.9 Å². The molecule has 2 rings (SSSR count). The molecular formula is C14H17BrFNO2. The number of hydrogen-bond acceptors (Lipinski definition) is 2. The van der Waals surface area contributed by atoms with Crippen LogP contribution in [0.2, 0.25) is 0 Å². The van der Waals surface area contributed by atoms with Crippen molar-refractivity contribution in [1.29, 1.82) is 0 Å². The molecule has 1 aliphatic heterocycles. The van der Waals surface area contributed by atoms with Crippen molar-refractivity contribution in [2.75, 3.05) is 13.2 Å². The summed E-state index contributed by atoms with van der Waals surface area (Å²) in [6.07, 6.45) is 2.07. The highest BCUT2D eigenvalue weighted by Crippen LogP contribution is 2.23. The van der Waals surface area contributed by atoms with Crippen LogP contribution in [0.5, 0.6) is 0 Å². The van der Waals surface area contributed by atoms with Gasteiger partial charge in [-0.05, 0) is 40.9 Å². The molecule has 0 saturated carbocycles. The van der Waals surface area contributed by atoms with Crippen molar-refractivity contribution in [2.45, 2.75) is 25.9 Å². The van der Waals surface area contributed by atoms with Crippen LogP contribution < -0.4 is 5.32 Å². The molecule has 1 saturated heterocycles. The average molecular weight is 330 g/mol. The lowest BCUT2D eigenvalue weighted by molar-refractivity contribution is 0.0825. The smallest absolute Gasteiger partial charge is 0.255 e. The fourth-order valence-corrected chi connectivity index (χ4v) is 2.93. The quantitative estimate of drug-likeness (QED) is 0.921. The third-order valence-corrected chi connectivity index (χ3v) is 4.12. The second kappa shape index (κ2) is 6.48. The van der Waals surface area contributed by atoms with E-state index in [4.69, 9.17) is 4.74 Å². The van der Waals surface area contributed by atoms with Crippen LogP contribution in [0.3, 0.4) is 0 Å². The Hall–Kier alpha value is -0.940. The SMILES string of the molecule is CCC1OCCC1CNC(=O)c1c(F)cccc1Br. The molecule has 1 aromatic rings.